The molecule has 2 rings (SSSR count). The van der Waals surface area contributed by atoms with Crippen LogP contribution in [0.25, 0.3) is 0 Å². The van der Waals surface area contributed by atoms with Crippen molar-refractivity contribution in [3.8, 4) is 0 Å². The Hall–Kier alpha value is -1.84. The number of nitrogens with one attached hydrogen (secondary N) is 1. The third kappa shape index (κ3) is 5.51. The van der Waals surface area contributed by atoms with Gasteiger partial charge in [0.25, 0.3) is 0 Å². The van der Waals surface area contributed by atoms with Crippen LogP contribution in [0.2, 0.25) is 0 Å². The zero-order valence-electron chi connectivity index (χ0n) is 12.7. The standard InChI is InChI=1S/C18H21NO2.ClH/c1-14(11-12-15-7-3-2-4-8-15)19-13-16-9-5-6-10-17(16)18(20)21;/h2-10,14,19H,11-13H2,1H3,(H,20,21);1H. The average Bonchev–Trinajstić information content (AvgIpc) is 2.52. The van der Waals surface area contributed by atoms with E-state index >= 15 is 0 Å². The number of aryl methyl sites for hydroxylation is 1. The minimum Gasteiger partial charge on any atom is -0.478 e. The quantitative estimate of drug-likeness (QED) is 0.813. The van der Waals surface area contributed by atoms with Gasteiger partial charge in [-0.2, -0.15) is 0 Å². The topological polar surface area (TPSA) is 49.3 Å². The molecule has 0 fully saturated rings. The molecular weight excluding hydrogens is 298 g/mol. The number of carboxylic acid groups (broad SMARTS) is 1. The number of aromatic carboxylic acids is 1. The second-order valence-electron chi connectivity index (χ2n) is 5.27. The van der Waals surface area contributed by atoms with Crippen molar-refractivity contribution in [1.29, 1.82) is 0 Å². The Balaban J connectivity index is 0.00000242. The van der Waals surface area contributed by atoms with E-state index in [9.17, 15) is 4.79 Å². The second kappa shape index (κ2) is 9.23. The summed E-state index contributed by atoms with van der Waals surface area (Å²) in [4.78, 5) is 11.1. The first-order valence-corrected chi connectivity index (χ1v) is 7.25. The SMILES string of the molecule is CC(CCc1ccccc1)NCc1ccccc1C(=O)O.Cl. The number of carboxylic acids is 1. The lowest BCUT2D eigenvalue weighted by Crippen LogP contribution is -2.26. The number of rotatable bonds is 7. The van der Waals surface area contributed by atoms with Gasteiger partial charge in [0.15, 0.2) is 0 Å². The number of hydrogen-bond donors (Lipinski definition) is 2. The predicted molar refractivity (Wildman–Crippen MR) is 91.7 cm³/mol. The monoisotopic (exact) mass is 319 g/mol. The summed E-state index contributed by atoms with van der Waals surface area (Å²) in [6.07, 6.45) is 2.05. The molecule has 0 radical (unpaired) electrons. The summed E-state index contributed by atoms with van der Waals surface area (Å²) in [7, 11) is 0. The maximum absolute atomic E-state index is 11.1. The first kappa shape index (κ1) is 18.2. The molecule has 0 saturated carbocycles. The van der Waals surface area contributed by atoms with Gasteiger partial charge in [0, 0.05) is 12.6 Å². The number of carbonyl (C=O) groups is 1. The molecule has 4 heteroatoms. The van der Waals surface area contributed by atoms with Crippen molar-refractivity contribution in [2.75, 3.05) is 0 Å². The predicted octanol–water partition coefficient (Wildman–Crippen LogP) is 3.92. The highest BCUT2D eigenvalue weighted by molar-refractivity contribution is 5.89. The van der Waals surface area contributed by atoms with Crippen LogP contribution in [0.15, 0.2) is 54.6 Å². The van der Waals surface area contributed by atoms with Crippen LogP contribution in [0, 0.1) is 0 Å². The molecule has 22 heavy (non-hydrogen) atoms. The van der Waals surface area contributed by atoms with Gasteiger partial charge in [-0.25, -0.2) is 4.79 Å². The van der Waals surface area contributed by atoms with E-state index < -0.39 is 5.97 Å². The molecule has 0 saturated heterocycles. The summed E-state index contributed by atoms with van der Waals surface area (Å²) in [6.45, 7) is 2.71. The average molecular weight is 320 g/mol. The summed E-state index contributed by atoms with van der Waals surface area (Å²) < 4.78 is 0. The Kier molecular flexibility index (Phi) is 7.64. The summed E-state index contributed by atoms with van der Waals surface area (Å²) in [5, 5.41) is 12.6. The first-order chi connectivity index (χ1) is 10.2. The van der Waals surface area contributed by atoms with E-state index in [2.05, 4.69) is 36.5 Å². The number of halogens is 1. The van der Waals surface area contributed by atoms with Gasteiger partial charge < -0.3 is 10.4 Å². The molecular formula is C18H22ClNO2. The van der Waals surface area contributed by atoms with E-state index in [4.69, 9.17) is 5.11 Å². The van der Waals surface area contributed by atoms with E-state index in [1.165, 1.54) is 5.56 Å². The second-order valence-corrected chi connectivity index (χ2v) is 5.27. The van der Waals surface area contributed by atoms with Crippen molar-refractivity contribution >= 4 is 18.4 Å². The summed E-state index contributed by atoms with van der Waals surface area (Å²) in [6, 6.07) is 17.9. The fraction of sp³-hybridized carbons (Fsp3) is 0.278. The molecule has 2 aromatic rings. The lowest BCUT2D eigenvalue weighted by Gasteiger charge is -2.15. The Labute approximate surface area is 137 Å². The third-order valence-electron chi connectivity index (χ3n) is 3.60. The fourth-order valence-electron chi connectivity index (χ4n) is 2.30. The van der Waals surface area contributed by atoms with Gasteiger partial charge in [0.1, 0.15) is 0 Å². The van der Waals surface area contributed by atoms with Gasteiger partial charge in [0.05, 0.1) is 5.56 Å². The van der Waals surface area contributed by atoms with E-state index in [1.807, 2.05) is 18.2 Å². The van der Waals surface area contributed by atoms with Crippen molar-refractivity contribution in [2.45, 2.75) is 32.4 Å². The largest absolute Gasteiger partial charge is 0.478 e. The van der Waals surface area contributed by atoms with Gasteiger partial charge in [-0.15, -0.1) is 12.4 Å². The van der Waals surface area contributed by atoms with Gasteiger partial charge in [-0.1, -0.05) is 48.5 Å². The van der Waals surface area contributed by atoms with Crippen LogP contribution in [0.3, 0.4) is 0 Å². The number of benzene rings is 2. The van der Waals surface area contributed by atoms with Crippen molar-refractivity contribution in [3.63, 3.8) is 0 Å². The normalized spacial score (nSPS) is 11.5. The van der Waals surface area contributed by atoms with Crippen molar-refractivity contribution in [2.24, 2.45) is 0 Å². The molecule has 2 aromatic carbocycles. The molecule has 3 nitrogen and oxygen atoms in total. The Morgan fingerprint density at radius 2 is 1.73 bits per heavy atom. The van der Waals surface area contributed by atoms with Crippen LogP contribution in [0.1, 0.15) is 34.8 Å². The fourth-order valence-corrected chi connectivity index (χ4v) is 2.30. The zero-order valence-corrected chi connectivity index (χ0v) is 13.5. The maximum Gasteiger partial charge on any atom is 0.336 e. The van der Waals surface area contributed by atoms with Crippen LogP contribution >= 0.6 is 12.4 Å². The summed E-state index contributed by atoms with van der Waals surface area (Å²) in [5.74, 6) is -0.871. The third-order valence-corrected chi connectivity index (χ3v) is 3.60. The molecule has 0 aliphatic rings. The molecule has 0 aliphatic heterocycles. The molecule has 0 heterocycles. The number of hydrogen-bond acceptors (Lipinski definition) is 2. The van der Waals surface area contributed by atoms with Crippen LogP contribution in [0.4, 0.5) is 0 Å². The zero-order chi connectivity index (χ0) is 15.1. The van der Waals surface area contributed by atoms with Crippen molar-refractivity contribution in [1.82, 2.24) is 5.32 Å². The molecule has 0 aromatic heterocycles. The van der Waals surface area contributed by atoms with Gasteiger partial charge in [-0.05, 0) is 37.0 Å². The van der Waals surface area contributed by atoms with Gasteiger partial charge in [-0.3, -0.25) is 0 Å². The van der Waals surface area contributed by atoms with Crippen LogP contribution in [0.5, 0.6) is 0 Å². The van der Waals surface area contributed by atoms with Crippen molar-refractivity contribution in [3.05, 3.63) is 71.3 Å². The Morgan fingerprint density at radius 3 is 2.41 bits per heavy atom. The molecule has 0 bridgehead atoms. The van der Waals surface area contributed by atoms with Gasteiger partial charge >= 0.3 is 5.97 Å². The van der Waals surface area contributed by atoms with Crippen LogP contribution in [-0.2, 0) is 13.0 Å². The molecule has 118 valence electrons. The lowest BCUT2D eigenvalue weighted by molar-refractivity contribution is 0.0695. The van der Waals surface area contributed by atoms with Crippen LogP contribution in [-0.4, -0.2) is 17.1 Å². The molecule has 1 unspecified atom stereocenters. The van der Waals surface area contributed by atoms with Crippen molar-refractivity contribution < 1.29 is 9.90 Å². The van der Waals surface area contributed by atoms with Crippen LogP contribution < -0.4 is 5.32 Å². The molecule has 1 atom stereocenters. The summed E-state index contributed by atoms with van der Waals surface area (Å²) in [5.41, 5.74) is 2.54. The van der Waals surface area contributed by atoms with Gasteiger partial charge in [0.2, 0.25) is 0 Å². The minimum atomic E-state index is -0.871. The summed E-state index contributed by atoms with van der Waals surface area (Å²) >= 11 is 0. The van der Waals surface area contributed by atoms with E-state index in [0.29, 0.717) is 18.2 Å². The highest BCUT2D eigenvalue weighted by Crippen LogP contribution is 2.10. The first-order valence-electron chi connectivity index (χ1n) is 7.25. The smallest absolute Gasteiger partial charge is 0.336 e. The highest BCUT2D eigenvalue weighted by atomic mass is 35.5. The molecule has 0 spiro atoms. The highest BCUT2D eigenvalue weighted by Gasteiger charge is 2.09. The van der Waals surface area contributed by atoms with E-state index in [0.717, 1.165) is 18.4 Å². The maximum atomic E-state index is 11.1. The minimum absolute atomic E-state index is 0. The Bertz CT molecular complexity index is 587. The molecule has 2 N–H and O–H groups in total. The van der Waals surface area contributed by atoms with E-state index in [1.54, 1.807) is 12.1 Å². The van der Waals surface area contributed by atoms with E-state index in [-0.39, 0.29) is 12.4 Å². The molecule has 0 aliphatic carbocycles. The molecule has 0 amide bonds. The lowest BCUT2D eigenvalue weighted by atomic mass is 10.0. The Morgan fingerprint density at radius 1 is 1.09 bits per heavy atom.